The fourth-order valence-corrected chi connectivity index (χ4v) is 2.65. The van der Waals surface area contributed by atoms with Gasteiger partial charge in [-0.25, -0.2) is 0 Å². The van der Waals surface area contributed by atoms with Crippen LogP contribution in [0.4, 0.5) is 0 Å². The van der Waals surface area contributed by atoms with Gasteiger partial charge in [0.25, 0.3) is 0 Å². The third-order valence-corrected chi connectivity index (χ3v) is 3.95. The molecular weight excluding hydrogens is 282 g/mol. The average Bonchev–Trinajstić information content (AvgIpc) is 2.45. The highest BCUT2D eigenvalue weighted by Crippen LogP contribution is 2.27. The van der Waals surface area contributed by atoms with E-state index in [2.05, 4.69) is 37.4 Å². The number of benzene rings is 2. The van der Waals surface area contributed by atoms with Crippen molar-refractivity contribution in [3.63, 3.8) is 0 Å². The van der Waals surface area contributed by atoms with Gasteiger partial charge in [-0.05, 0) is 56.6 Å². The molecule has 0 aromatic heterocycles. The first-order chi connectivity index (χ1) is 10.0. The van der Waals surface area contributed by atoms with Crippen LogP contribution in [0.1, 0.15) is 28.3 Å². The second kappa shape index (κ2) is 6.97. The Labute approximate surface area is 132 Å². The van der Waals surface area contributed by atoms with Gasteiger partial charge in [0.05, 0.1) is 11.1 Å². The Hall–Kier alpha value is -1.51. The monoisotopic (exact) mass is 303 g/mol. The lowest BCUT2D eigenvalue weighted by atomic mass is 9.99. The normalized spacial score (nSPS) is 12.2. The summed E-state index contributed by atoms with van der Waals surface area (Å²) in [5.41, 5.74) is 4.91. The van der Waals surface area contributed by atoms with Crippen molar-refractivity contribution in [2.24, 2.45) is 0 Å². The Balaban J connectivity index is 2.14. The quantitative estimate of drug-likeness (QED) is 0.871. The van der Waals surface area contributed by atoms with Gasteiger partial charge in [-0.15, -0.1) is 0 Å². The molecule has 1 atom stereocenters. The van der Waals surface area contributed by atoms with Crippen LogP contribution in [0.25, 0.3) is 0 Å². The van der Waals surface area contributed by atoms with Crippen molar-refractivity contribution in [1.29, 1.82) is 0 Å². The van der Waals surface area contributed by atoms with E-state index in [1.807, 2.05) is 32.2 Å². The van der Waals surface area contributed by atoms with Crippen LogP contribution in [0.2, 0.25) is 5.02 Å². The van der Waals surface area contributed by atoms with Crippen molar-refractivity contribution in [2.45, 2.75) is 26.8 Å². The highest BCUT2D eigenvalue weighted by atomic mass is 35.5. The number of likely N-dealkylation sites (N-methyl/N-ethyl adjacent to an activating group) is 1. The van der Waals surface area contributed by atoms with Crippen molar-refractivity contribution in [3.8, 4) is 5.75 Å². The van der Waals surface area contributed by atoms with Crippen LogP contribution in [0.15, 0.2) is 36.4 Å². The summed E-state index contributed by atoms with van der Waals surface area (Å²) in [7, 11) is 1.95. The third-order valence-electron chi connectivity index (χ3n) is 3.65. The number of nitrogens with one attached hydrogen (secondary N) is 1. The summed E-state index contributed by atoms with van der Waals surface area (Å²) in [6, 6.07) is 12.5. The molecule has 2 aromatic carbocycles. The highest BCUT2D eigenvalue weighted by Gasteiger charge is 2.14. The number of halogens is 1. The Bertz CT molecular complexity index is 625. The van der Waals surface area contributed by atoms with Gasteiger partial charge in [0.2, 0.25) is 0 Å². The van der Waals surface area contributed by atoms with E-state index in [4.69, 9.17) is 16.3 Å². The van der Waals surface area contributed by atoms with Gasteiger partial charge >= 0.3 is 0 Å². The fourth-order valence-electron chi connectivity index (χ4n) is 2.36. The second-order valence-electron chi connectivity index (χ2n) is 5.45. The maximum atomic E-state index is 6.21. The summed E-state index contributed by atoms with van der Waals surface area (Å²) < 4.78 is 5.90. The zero-order valence-corrected chi connectivity index (χ0v) is 13.8. The van der Waals surface area contributed by atoms with Gasteiger partial charge < -0.3 is 10.1 Å². The van der Waals surface area contributed by atoms with Gasteiger partial charge in [0, 0.05) is 0 Å². The molecular formula is C18H22ClNO. The molecule has 0 fully saturated rings. The summed E-state index contributed by atoms with van der Waals surface area (Å²) in [5, 5.41) is 3.98. The average molecular weight is 304 g/mol. The first kappa shape index (κ1) is 15.9. The molecule has 0 aliphatic heterocycles. The van der Waals surface area contributed by atoms with Crippen LogP contribution in [0.3, 0.4) is 0 Å². The Morgan fingerprint density at radius 3 is 2.38 bits per heavy atom. The molecule has 2 rings (SSSR count). The van der Waals surface area contributed by atoms with Crippen molar-refractivity contribution in [2.75, 3.05) is 13.7 Å². The SMILES string of the molecule is CNC(COc1ccc(C)cc1Cl)c1cc(C)ccc1C. The Kier molecular flexibility index (Phi) is 5.27. The van der Waals surface area contributed by atoms with E-state index in [1.165, 1.54) is 16.7 Å². The van der Waals surface area contributed by atoms with Gasteiger partial charge in [0.15, 0.2) is 0 Å². The molecule has 0 spiro atoms. The molecule has 0 saturated heterocycles. The minimum absolute atomic E-state index is 0.141. The zero-order chi connectivity index (χ0) is 15.4. The van der Waals surface area contributed by atoms with Crippen LogP contribution in [0.5, 0.6) is 5.75 Å². The smallest absolute Gasteiger partial charge is 0.138 e. The summed E-state index contributed by atoms with van der Waals surface area (Å²) in [6.45, 7) is 6.79. The summed E-state index contributed by atoms with van der Waals surface area (Å²) in [4.78, 5) is 0. The molecule has 0 aliphatic rings. The maximum Gasteiger partial charge on any atom is 0.138 e. The molecule has 0 radical (unpaired) electrons. The molecule has 112 valence electrons. The predicted molar refractivity (Wildman–Crippen MR) is 89.4 cm³/mol. The number of hydrogen-bond donors (Lipinski definition) is 1. The molecule has 2 nitrogen and oxygen atoms in total. The number of hydrogen-bond acceptors (Lipinski definition) is 2. The zero-order valence-electron chi connectivity index (χ0n) is 13.0. The molecule has 1 unspecified atom stereocenters. The predicted octanol–water partition coefficient (Wildman–Crippen LogP) is 4.60. The summed E-state index contributed by atoms with van der Waals surface area (Å²) in [6.07, 6.45) is 0. The molecule has 0 saturated carbocycles. The van der Waals surface area contributed by atoms with Crippen LogP contribution in [0, 0.1) is 20.8 Å². The third kappa shape index (κ3) is 3.99. The molecule has 0 bridgehead atoms. The minimum atomic E-state index is 0.141. The molecule has 0 aliphatic carbocycles. The maximum absolute atomic E-state index is 6.21. The van der Waals surface area contributed by atoms with E-state index in [9.17, 15) is 0 Å². The highest BCUT2D eigenvalue weighted by molar-refractivity contribution is 6.32. The van der Waals surface area contributed by atoms with Crippen LogP contribution >= 0.6 is 11.6 Å². The van der Waals surface area contributed by atoms with E-state index in [1.54, 1.807) is 0 Å². The Morgan fingerprint density at radius 2 is 1.71 bits per heavy atom. The number of rotatable bonds is 5. The molecule has 2 aromatic rings. The van der Waals surface area contributed by atoms with Crippen LogP contribution in [-0.2, 0) is 0 Å². The topological polar surface area (TPSA) is 21.3 Å². The lowest BCUT2D eigenvalue weighted by Gasteiger charge is -2.20. The van der Waals surface area contributed by atoms with Gasteiger partial charge in [-0.2, -0.15) is 0 Å². The van der Waals surface area contributed by atoms with E-state index >= 15 is 0 Å². The standard InChI is InChI=1S/C18H22ClNO/c1-12-5-7-14(3)15(9-12)17(20-4)11-21-18-8-6-13(2)10-16(18)19/h5-10,17,20H,11H2,1-4H3. The first-order valence-corrected chi connectivity index (χ1v) is 7.52. The molecule has 3 heteroatoms. The summed E-state index contributed by atoms with van der Waals surface area (Å²) >= 11 is 6.21. The van der Waals surface area contributed by atoms with Gasteiger partial charge in [-0.1, -0.05) is 41.4 Å². The van der Waals surface area contributed by atoms with E-state index < -0.39 is 0 Å². The van der Waals surface area contributed by atoms with Crippen LogP contribution < -0.4 is 10.1 Å². The summed E-state index contributed by atoms with van der Waals surface area (Å²) in [5.74, 6) is 0.729. The molecule has 0 amide bonds. The fraction of sp³-hybridized carbons (Fsp3) is 0.333. The van der Waals surface area contributed by atoms with E-state index in [0.29, 0.717) is 11.6 Å². The van der Waals surface area contributed by atoms with Gasteiger partial charge in [-0.3, -0.25) is 0 Å². The molecule has 0 heterocycles. The molecule has 21 heavy (non-hydrogen) atoms. The van der Waals surface area contributed by atoms with E-state index in [-0.39, 0.29) is 6.04 Å². The van der Waals surface area contributed by atoms with E-state index in [0.717, 1.165) is 11.3 Å². The van der Waals surface area contributed by atoms with Crippen molar-refractivity contribution in [1.82, 2.24) is 5.32 Å². The van der Waals surface area contributed by atoms with Crippen molar-refractivity contribution >= 4 is 11.6 Å². The second-order valence-corrected chi connectivity index (χ2v) is 5.85. The minimum Gasteiger partial charge on any atom is -0.490 e. The lowest BCUT2D eigenvalue weighted by Crippen LogP contribution is -2.24. The molecule has 1 N–H and O–H groups in total. The Morgan fingerprint density at radius 1 is 1.05 bits per heavy atom. The lowest BCUT2D eigenvalue weighted by molar-refractivity contribution is 0.273. The van der Waals surface area contributed by atoms with Crippen LogP contribution in [-0.4, -0.2) is 13.7 Å². The number of ether oxygens (including phenoxy) is 1. The number of aryl methyl sites for hydroxylation is 3. The van der Waals surface area contributed by atoms with Gasteiger partial charge in [0.1, 0.15) is 12.4 Å². The van der Waals surface area contributed by atoms with Crippen molar-refractivity contribution < 1.29 is 4.74 Å². The largest absolute Gasteiger partial charge is 0.490 e. The first-order valence-electron chi connectivity index (χ1n) is 7.14. The van der Waals surface area contributed by atoms with Crippen molar-refractivity contribution in [3.05, 3.63) is 63.7 Å².